The van der Waals surface area contributed by atoms with Crippen LogP contribution in [0.4, 0.5) is 0 Å². The molecule has 0 spiro atoms. The van der Waals surface area contributed by atoms with Crippen LogP contribution in [0.15, 0.2) is 70.1 Å². The summed E-state index contributed by atoms with van der Waals surface area (Å²) in [6.07, 6.45) is 2.07. The van der Waals surface area contributed by atoms with Crippen molar-refractivity contribution in [3.05, 3.63) is 88.6 Å². The molecule has 2 aromatic carbocycles. The van der Waals surface area contributed by atoms with Crippen molar-refractivity contribution in [2.75, 3.05) is 0 Å². The summed E-state index contributed by atoms with van der Waals surface area (Å²) in [5, 5.41) is 8.64. The summed E-state index contributed by atoms with van der Waals surface area (Å²) < 4.78 is 7.12. The van der Waals surface area contributed by atoms with Crippen LogP contribution < -0.4 is 5.56 Å². The molecule has 0 radical (unpaired) electrons. The van der Waals surface area contributed by atoms with E-state index < -0.39 is 0 Å². The van der Waals surface area contributed by atoms with Gasteiger partial charge in [-0.05, 0) is 17.7 Å². The second-order valence-corrected chi connectivity index (χ2v) is 5.45. The Morgan fingerprint density at radius 3 is 2.54 bits per heavy atom. The molecule has 6 nitrogen and oxygen atoms in total. The molecule has 118 valence electrons. The molecule has 6 heteroatoms. The van der Waals surface area contributed by atoms with E-state index in [9.17, 15) is 4.79 Å². The van der Waals surface area contributed by atoms with Gasteiger partial charge in [-0.1, -0.05) is 42.5 Å². The first-order valence-electron chi connectivity index (χ1n) is 7.59. The molecule has 24 heavy (non-hydrogen) atoms. The molecule has 0 aliphatic heterocycles. The predicted molar refractivity (Wildman–Crippen MR) is 88.7 cm³/mol. The zero-order valence-electron chi connectivity index (χ0n) is 12.8. The van der Waals surface area contributed by atoms with Crippen LogP contribution in [-0.4, -0.2) is 19.7 Å². The summed E-state index contributed by atoms with van der Waals surface area (Å²) in [7, 11) is 0. The van der Waals surface area contributed by atoms with Gasteiger partial charge < -0.3 is 4.42 Å². The van der Waals surface area contributed by atoms with Crippen molar-refractivity contribution in [1.82, 2.24) is 19.7 Å². The van der Waals surface area contributed by atoms with Crippen molar-refractivity contribution in [2.24, 2.45) is 0 Å². The molecule has 0 amide bonds. The predicted octanol–water partition coefficient (Wildman–Crippen LogP) is 2.42. The van der Waals surface area contributed by atoms with Crippen LogP contribution >= 0.6 is 0 Å². The largest absolute Gasteiger partial charge is 0.423 e. The Morgan fingerprint density at radius 2 is 1.67 bits per heavy atom. The molecular weight excluding hydrogens is 304 g/mol. The lowest BCUT2D eigenvalue weighted by Gasteiger charge is -2.03. The van der Waals surface area contributed by atoms with Crippen molar-refractivity contribution < 1.29 is 4.42 Å². The highest BCUT2D eigenvalue weighted by Crippen LogP contribution is 2.10. The molecule has 0 bridgehead atoms. The average molecular weight is 318 g/mol. The van der Waals surface area contributed by atoms with Crippen LogP contribution in [-0.2, 0) is 13.0 Å². The number of hydrogen-bond donors (Lipinski definition) is 0. The minimum absolute atomic E-state index is 0.122. The van der Waals surface area contributed by atoms with Gasteiger partial charge in [-0.2, -0.15) is 0 Å². The third-order valence-electron chi connectivity index (χ3n) is 3.74. The van der Waals surface area contributed by atoms with Crippen LogP contribution in [0, 0.1) is 0 Å². The minimum Gasteiger partial charge on any atom is -0.423 e. The van der Waals surface area contributed by atoms with Gasteiger partial charge in [0.1, 0.15) is 6.54 Å². The minimum atomic E-state index is -0.122. The molecule has 2 heterocycles. The zero-order chi connectivity index (χ0) is 16.4. The number of rotatable bonds is 4. The number of para-hydroxylation sites is 1. The molecule has 0 fully saturated rings. The smallest absolute Gasteiger partial charge is 0.261 e. The number of aromatic nitrogens is 4. The number of fused-ring (bicyclic) bond motifs is 1. The molecule has 0 N–H and O–H groups in total. The van der Waals surface area contributed by atoms with E-state index in [0.717, 1.165) is 5.56 Å². The maximum absolute atomic E-state index is 12.5. The molecule has 4 rings (SSSR count). The Balaban J connectivity index is 1.58. The van der Waals surface area contributed by atoms with E-state index in [1.165, 1.54) is 10.9 Å². The van der Waals surface area contributed by atoms with E-state index in [0.29, 0.717) is 29.1 Å². The van der Waals surface area contributed by atoms with Crippen LogP contribution in [0.3, 0.4) is 0 Å². The van der Waals surface area contributed by atoms with Gasteiger partial charge in [0.05, 0.1) is 23.7 Å². The molecule has 0 saturated heterocycles. The normalized spacial score (nSPS) is 11.0. The van der Waals surface area contributed by atoms with E-state index in [4.69, 9.17) is 4.42 Å². The van der Waals surface area contributed by atoms with Crippen LogP contribution in [0.5, 0.6) is 0 Å². The quantitative estimate of drug-likeness (QED) is 0.578. The van der Waals surface area contributed by atoms with Gasteiger partial charge in [0.2, 0.25) is 11.8 Å². The monoisotopic (exact) mass is 318 g/mol. The van der Waals surface area contributed by atoms with Gasteiger partial charge in [0, 0.05) is 0 Å². The molecule has 0 aliphatic carbocycles. The average Bonchev–Trinajstić information content (AvgIpc) is 3.05. The topological polar surface area (TPSA) is 73.8 Å². The fraction of sp³-hybridized carbons (Fsp3) is 0.111. The van der Waals surface area contributed by atoms with Crippen molar-refractivity contribution in [1.29, 1.82) is 0 Å². The number of hydrogen-bond acceptors (Lipinski definition) is 5. The Labute approximate surface area is 137 Å². The molecule has 0 saturated carbocycles. The maximum atomic E-state index is 12.5. The van der Waals surface area contributed by atoms with E-state index in [2.05, 4.69) is 15.2 Å². The van der Waals surface area contributed by atoms with Crippen molar-refractivity contribution in [3.63, 3.8) is 0 Å². The third kappa shape index (κ3) is 2.81. The highest BCUT2D eigenvalue weighted by molar-refractivity contribution is 5.76. The lowest BCUT2D eigenvalue weighted by Crippen LogP contribution is -2.21. The van der Waals surface area contributed by atoms with Crippen LogP contribution in [0.2, 0.25) is 0 Å². The van der Waals surface area contributed by atoms with Crippen molar-refractivity contribution in [2.45, 2.75) is 13.0 Å². The standard InChI is InChI=1S/C18H14N4O2/c23-18-14-8-4-5-9-15(14)19-12-22(18)11-17-21-20-16(24-17)10-13-6-2-1-3-7-13/h1-9,12H,10-11H2. The second-order valence-electron chi connectivity index (χ2n) is 5.45. The Bertz CT molecular complexity index is 1040. The first-order valence-corrected chi connectivity index (χ1v) is 7.59. The lowest BCUT2D eigenvalue weighted by molar-refractivity contribution is 0.442. The van der Waals surface area contributed by atoms with Gasteiger partial charge in [-0.3, -0.25) is 9.36 Å². The van der Waals surface area contributed by atoms with E-state index in [-0.39, 0.29) is 12.1 Å². The Kier molecular flexibility index (Phi) is 3.63. The Morgan fingerprint density at radius 1 is 0.917 bits per heavy atom. The van der Waals surface area contributed by atoms with Gasteiger partial charge in [-0.15, -0.1) is 10.2 Å². The molecule has 4 aromatic rings. The van der Waals surface area contributed by atoms with E-state index in [1.54, 1.807) is 6.07 Å². The molecule has 0 atom stereocenters. The van der Waals surface area contributed by atoms with Crippen LogP contribution in [0.1, 0.15) is 17.3 Å². The summed E-state index contributed by atoms with van der Waals surface area (Å²) in [4.78, 5) is 16.7. The highest BCUT2D eigenvalue weighted by atomic mass is 16.4. The fourth-order valence-electron chi connectivity index (χ4n) is 2.56. The summed E-state index contributed by atoms with van der Waals surface area (Å²) in [6.45, 7) is 0.207. The fourth-order valence-corrected chi connectivity index (χ4v) is 2.56. The molecule has 0 unspecified atom stereocenters. The molecular formula is C18H14N4O2. The summed E-state index contributed by atoms with van der Waals surface area (Å²) in [5.41, 5.74) is 1.65. The SMILES string of the molecule is O=c1c2ccccc2ncn1Cc1nnc(Cc2ccccc2)o1. The van der Waals surface area contributed by atoms with Gasteiger partial charge >= 0.3 is 0 Å². The first-order chi connectivity index (χ1) is 11.8. The molecule has 0 aliphatic rings. The van der Waals surface area contributed by atoms with Crippen molar-refractivity contribution in [3.8, 4) is 0 Å². The molecule has 2 aromatic heterocycles. The van der Waals surface area contributed by atoms with E-state index in [1.807, 2.05) is 48.5 Å². The highest BCUT2D eigenvalue weighted by Gasteiger charge is 2.10. The second kappa shape index (κ2) is 6.08. The van der Waals surface area contributed by atoms with E-state index >= 15 is 0 Å². The maximum Gasteiger partial charge on any atom is 0.261 e. The van der Waals surface area contributed by atoms with Gasteiger partial charge in [-0.25, -0.2) is 4.98 Å². The number of benzene rings is 2. The van der Waals surface area contributed by atoms with Gasteiger partial charge in [0.25, 0.3) is 5.56 Å². The van der Waals surface area contributed by atoms with Crippen LogP contribution in [0.25, 0.3) is 10.9 Å². The van der Waals surface area contributed by atoms with Crippen molar-refractivity contribution >= 4 is 10.9 Å². The lowest BCUT2D eigenvalue weighted by atomic mass is 10.2. The Hall–Kier alpha value is -3.28. The summed E-state index contributed by atoms with van der Waals surface area (Å²) in [6, 6.07) is 17.1. The van der Waals surface area contributed by atoms with Gasteiger partial charge in [0.15, 0.2) is 0 Å². The summed E-state index contributed by atoms with van der Waals surface area (Å²) in [5.74, 6) is 0.915. The zero-order valence-corrected chi connectivity index (χ0v) is 12.8. The third-order valence-corrected chi connectivity index (χ3v) is 3.74. The summed E-state index contributed by atoms with van der Waals surface area (Å²) >= 11 is 0. The first kappa shape index (κ1) is 14.3. The number of nitrogens with zero attached hydrogens (tertiary/aromatic N) is 4.